The first-order chi connectivity index (χ1) is 8.20. The molecule has 0 saturated carbocycles. The number of amides is 1. The number of nitrogens with one attached hydrogen (secondary N) is 1. The maximum Gasteiger partial charge on any atom is 0.242 e. The van der Waals surface area contributed by atoms with E-state index in [0.29, 0.717) is 0 Å². The van der Waals surface area contributed by atoms with Gasteiger partial charge in [0, 0.05) is 25.4 Å². The molecule has 0 radical (unpaired) electrons. The van der Waals surface area contributed by atoms with Crippen LogP contribution in [-0.4, -0.2) is 22.0 Å². The molecule has 1 heterocycles. The molecule has 0 bridgehead atoms. The highest BCUT2D eigenvalue weighted by Gasteiger charge is 2.16. The van der Waals surface area contributed by atoms with Crippen LogP contribution in [0.2, 0.25) is 0 Å². The summed E-state index contributed by atoms with van der Waals surface area (Å²) in [5.74, 6) is 1.07. The van der Waals surface area contributed by atoms with Gasteiger partial charge in [0.1, 0.15) is 11.9 Å². The molecule has 1 N–H and O–H groups in total. The first-order valence-corrected chi connectivity index (χ1v) is 6.50. The number of aromatic nitrogens is 2. The average molecular weight is 237 g/mol. The van der Waals surface area contributed by atoms with Crippen molar-refractivity contribution in [2.75, 3.05) is 6.54 Å². The van der Waals surface area contributed by atoms with Crippen LogP contribution in [-0.2, 0) is 11.2 Å². The Labute approximate surface area is 103 Å². The second kappa shape index (κ2) is 7.09. The Morgan fingerprint density at radius 1 is 1.47 bits per heavy atom. The van der Waals surface area contributed by atoms with Gasteiger partial charge >= 0.3 is 0 Å². The van der Waals surface area contributed by atoms with Crippen molar-refractivity contribution < 1.29 is 4.79 Å². The summed E-state index contributed by atoms with van der Waals surface area (Å²) in [6, 6.07) is -0.170. The Morgan fingerprint density at radius 3 is 2.88 bits per heavy atom. The number of unbranched alkanes of at least 4 members (excludes halogenated alkanes) is 1. The number of carbonyl (C=O) groups excluding carboxylic acids is 1. The third-order valence-electron chi connectivity index (χ3n) is 2.85. The third-order valence-corrected chi connectivity index (χ3v) is 2.85. The predicted octanol–water partition coefficient (Wildman–Crippen LogP) is 2.31. The minimum absolute atomic E-state index is 0.0776. The molecule has 0 aliphatic rings. The fraction of sp³-hybridized carbons (Fsp3) is 0.692. The molecule has 17 heavy (non-hydrogen) atoms. The van der Waals surface area contributed by atoms with E-state index in [1.807, 2.05) is 17.7 Å². The zero-order valence-corrected chi connectivity index (χ0v) is 11.1. The first-order valence-electron chi connectivity index (χ1n) is 6.50. The van der Waals surface area contributed by atoms with Gasteiger partial charge in [-0.05, 0) is 19.8 Å². The summed E-state index contributed by atoms with van der Waals surface area (Å²) in [7, 11) is 0. The van der Waals surface area contributed by atoms with Gasteiger partial charge in [0.2, 0.25) is 5.91 Å². The highest BCUT2D eigenvalue weighted by atomic mass is 16.2. The van der Waals surface area contributed by atoms with E-state index in [1.165, 1.54) is 0 Å². The fourth-order valence-electron chi connectivity index (χ4n) is 1.78. The summed E-state index contributed by atoms with van der Waals surface area (Å²) >= 11 is 0. The summed E-state index contributed by atoms with van der Waals surface area (Å²) in [4.78, 5) is 16.2. The van der Waals surface area contributed by atoms with E-state index >= 15 is 0 Å². The number of nitrogens with zero attached hydrogens (tertiary/aromatic N) is 2. The van der Waals surface area contributed by atoms with Crippen LogP contribution in [0.1, 0.15) is 51.9 Å². The highest BCUT2D eigenvalue weighted by Crippen LogP contribution is 2.11. The van der Waals surface area contributed by atoms with Crippen molar-refractivity contribution in [3.05, 3.63) is 18.2 Å². The first kappa shape index (κ1) is 13.7. The smallest absolute Gasteiger partial charge is 0.242 e. The standard InChI is InChI=1S/C13H23N3O/c1-4-6-8-15-13(17)11(3)16-10-9-14-12(16)7-5-2/h9-11H,4-8H2,1-3H3,(H,15,17). The molecule has 4 heteroatoms. The second-order valence-electron chi connectivity index (χ2n) is 4.32. The largest absolute Gasteiger partial charge is 0.354 e. The van der Waals surface area contributed by atoms with Crippen molar-refractivity contribution in [2.45, 2.75) is 52.5 Å². The van der Waals surface area contributed by atoms with Crippen LogP contribution in [0.15, 0.2) is 12.4 Å². The Hall–Kier alpha value is -1.32. The number of imidazole rings is 1. The van der Waals surface area contributed by atoms with Gasteiger partial charge in [-0.2, -0.15) is 0 Å². The van der Waals surface area contributed by atoms with Crippen LogP contribution >= 0.6 is 0 Å². The Kier molecular flexibility index (Phi) is 5.73. The maximum atomic E-state index is 11.9. The number of rotatable bonds is 7. The van der Waals surface area contributed by atoms with Gasteiger partial charge in [-0.25, -0.2) is 4.98 Å². The molecule has 0 aromatic carbocycles. The van der Waals surface area contributed by atoms with Crippen LogP contribution in [0.5, 0.6) is 0 Å². The summed E-state index contributed by atoms with van der Waals surface area (Å²) in [6.07, 6.45) is 7.74. The zero-order chi connectivity index (χ0) is 12.7. The second-order valence-corrected chi connectivity index (χ2v) is 4.32. The van der Waals surface area contributed by atoms with Gasteiger partial charge in [-0.3, -0.25) is 4.79 Å². The molecule has 0 saturated heterocycles. The lowest BCUT2D eigenvalue weighted by atomic mass is 10.2. The van der Waals surface area contributed by atoms with Gasteiger partial charge in [0.25, 0.3) is 0 Å². The summed E-state index contributed by atoms with van der Waals surface area (Å²) in [5, 5.41) is 2.95. The zero-order valence-electron chi connectivity index (χ0n) is 11.1. The third kappa shape index (κ3) is 3.88. The molecule has 0 spiro atoms. The lowest BCUT2D eigenvalue weighted by Crippen LogP contribution is -2.32. The molecule has 1 atom stereocenters. The SMILES string of the molecule is CCCCNC(=O)C(C)n1ccnc1CCC. The fourth-order valence-corrected chi connectivity index (χ4v) is 1.78. The van der Waals surface area contributed by atoms with E-state index < -0.39 is 0 Å². The van der Waals surface area contributed by atoms with Gasteiger partial charge in [0.15, 0.2) is 0 Å². The van der Waals surface area contributed by atoms with Crippen LogP contribution in [0.3, 0.4) is 0 Å². The lowest BCUT2D eigenvalue weighted by Gasteiger charge is -2.16. The topological polar surface area (TPSA) is 46.9 Å². The van der Waals surface area contributed by atoms with Gasteiger partial charge < -0.3 is 9.88 Å². The summed E-state index contributed by atoms with van der Waals surface area (Å²) < 4.78 is 1.96. The number of hydrogen-bond acceptors (Lipinski definition) is 2. The summed E-state index contributed by atoms with van der Waals surface area (Å²) in [6.45, 7) is 6.91. The van der Waals surface area contributed by atoms with Gasteiger partial charge in [0.05, 0.1) is 0 Å². The molecule has 0 fully saturated rings. The molecule has 0 aliphatic heterocycles. The van der Waals surface area contributed by atoms with Crippen molar-refractivity contribution in [2.24, 2.45) is 0 Å². The van der Waals surface area contributed by atoms with E-state index in [9.17, 15) is 4.79 Å². The van der Waals surface area contributed by atoms with E-state index in [0.717, 1.165) is 38.1 Å². The monoisotopic (exact) mass is 237 g/mol. The molecule has 0 aliphatic carbocycles. The van der Waals surface area contributed by atoms with E-state index in [2.05, 4.69) is 24.1 Å². The van der Waals surface area contributed by atoms with Crippen molar-refractivity contribution in [1.82, 2.24) is 14.9 Å². The normalized spacial score (nSPS) is 12.4. The Bertz CT molecular complexity index is 346. The van der Waals surface area contributed by atoms with Crippen molar-refractivity contribution in [3.8, 4) is 0 Å². The van der Waals surface area contributed by atoms with E-state index in [1.54, 1.807) is 6.20 Å². The van der Waals surface area contributed by atoms with Crippen molar-refractivity contribution >= 4 is 5.91 Å². The molecular formula is C13H23N3O. The molecule has 96 valence electrons. The van der Waals surface area contributed by atoms with Gasteiger partial charge in [-0.1, -0.05) is 20.3 Å². The Balaban J connectivity index is 2.58. The van der Waals surface area contributed by atoms with Crippen molar-refractivity contribution in [1.29, 1.82) is 0 Å². The minimum atomic E-state index is -0.170. The predicted molar refractivity (Wildman–Crippen MR) is 68.9 cm³/mol. The maximum absolute atomic E-state index is 11.9. The quantitative estimate of drug-likeness (QED) is 0.740. The van der Waals surface area contributed by atoms with Crippen LogP contribution in [0, 0.1) is 0 Å². The van der Waals surface area contributed by atoms with E-state index in [4.69, 9.17) is 0 Å². The molecule has 1 unspecified atom stereocenters. The summed E-state index contributed by atoms with van der Waals surface area (Å²) in [5.41, 5.74) is 0. The van der Waals surface area contributed by atoms with Gasteiger partial charge in [-0.15, -0.1) is 0 Å². The molecule has 1 rings (SSSR count). The molecule has 4 nitrogen and oxygen atoms in total. The highest BCUT2D eigenvalue weighted by molar-refractivity contribution is 5.79. The lowest BCUT2D eigenvalue weighted by molar-refractivity contribution is -0.123. The minimum Gasteiger partial charge on any atom is -0.354 e. The molecule has 1 aromatic rings. The Morgan fingerprint density at radius 2 is 2.24 bits per heavy atom. The molecular weight excluding hydrogens is 214 g/mol. The number of carbonyl (C=O) groups is 1. The number of aryl methyl sites for hydroxylation is 1. The van der Waals surface area contributed by atoms with E-state index in [-0.39, 0.29) is 11.9 Å². The van der Waals surface area contributed by atoms with Crippen molar-refractivity contribution in [3.63, 3.8) is 0 Å². The molecule has 1 aromatic heterocycles. The van der Waals surface area contributed by atoms with Crippen LogP contribution in [0.4, 0.5) is 0 Å². The number of hydrogen-bond donors (Lipinski definition) is 1. The van der Waals surface area contributed by atoms with Crippen LogP contribution in [0.25, 0.3) is 0 Å². The molecule has 1 amide bonds. The average Bonchev–Trinajstić information content (AvgIpc) is 2.77. The van der Waals surface area contributed by atoms with Crippen LogP contribution < -0.4 is 5.32 Å².